The summed E-state index contributed by atoms with van der Waals surface area (Å²) in [5.41, 5.74) is -1.35. The number of hydrogen-bond acceptors (Lipinski definition) is 3. The lowest BCUT2D eigenvalue weighted by Crippen LogP contribution is -2.07. The lowest BCUT2D eigenvalue weighted by Gasteiger charge is -2.11. The Balaban J connectivity index is 3.31. The fourth-order valence-electron chi connectivity index (χ4n) is 0.939. The van der Waals surface area contributed by atoms with Gasteiger partial charge in [0, 0.05) is 0 Å². The van der Waals surface area contributed by atoms with Crippen LogP contribution in [0.4, 0.5) is 13.2 Å². The standard InChI is InChI=1S/C8H4F3NO2/c9-8(10,11)7-5(13)2-1-3-6(7)14-4-12/h1-3,13H. The molecule has 1 N–H and O–H groups in total. The Morgan fingerprint density at radius 1 is 1.36 bits per heavy atom. The van der Waals surface area contributed by atoms with Crippen LogP contribution in [0.25, 0.3) is 0 Å². The number of benzene rings is 1. The SMILES string of the molecule is N#COc1cccc(O)c1C(F)(F)F. The van der Waals surface area contributed by atoms with Gasteiger partial charge in [0.15, 0.2) is 5.75 Å². The third-order valence-electron chi connectivity index (χ3n) is 1.44. The summed E-state index contributed by atoms with van der Waals surface area (Å²) in [4.78, 5) is 0. The minimum atomic E-state index is -4.75. The number of halogens is 3. The Labute approximate surface area is 77.0 Å². The Morgan fingerprint density at radius 2 is 2.00 bits per heavy atom. The number of ether oxygens (including phenoxy) is 1. The van der Waals surface area contributed by atoms with Crippen LogP contribution in [-0.4, -0.2) is 5.11 Å². The first-order valence-corrected chi connectivity index (χ1v) is 3.42. The predicted octanol–water partition coefficient (Wildman–Crippen LogP) is 2.27. The maximum Gasteiger partial charge on any atom is 0.423 e. The molecular weight excluding hydrogens is 199 g/mol. The maximum absolute atomic E-state index is 12.3. The van der Waals surface area contributed by atoms with Crippen molar-refractivity contribution in [1.82, 2.24) is 0 Å². The summed E-state index contributed by atoms with van der Waals surface area (Å²) in [6.07, 6.45) is -3.64. The van der Waals surface area contributed by atoms with Gasteiger partial charge in [-0.2, -0.15) is 13.2 Å². The fourth-order valence-corrected chi connectivity index (χ4v) is 0.939. The number of alkyl halides is 3. The smallest absolute Gasteiger partial charge is 0.423 e. The zero-order valence-corrected chi connectivity index (χ0v) is 6.67. The molecule has 0 bridgehead atoms. The average Bonchev–Trinajstić information content (AvgIpc) is 2.02. The van der Waals surface area contributed by atoms with Crippen LogP contribution >= 0.6 is 0 Å². The molecule has 0 atom stereocenters. The zero-order valence-electron chi connectivity index (χ0n) is 6.67. The number of hydrogen-bond donors (Lipinski definition) is 1. The molecule has 0 saturated heterocycles. The molecule has 0 radical (unpaired) electrons. The zero-order chi connectivity index (χ0) is 10.8. The van der Waals surface area contributed by atoms with Crippen LogP contribution in [0.15, 0.2) is 18.2 Å². The molecule has 0 aromatic heterocycles. The van der Waals surface area contributed by atoms with Crippen LogP contribution in [0, 0.1) is 11.5 Å². The molecule has 0 aliphatic rings. The normalized spacial score (nSPS) is 10.7. The molecule has 0 aliphatic heterocycles. The van der Waals surface area contributed by atoms with E-state index in [1.807, 2.05) is 0 Å². The second-order valence-electron chi connectivity index (χ2n) is 2.34. The number of nitriles is 1. The molecular formula is C8H4F3NO2. The molecule has 1 aromatic carbocycles. The summed E-state index contributed by atoms with van der Waals surface area (Å²) in [5.74, 6) is -1.68. The van der Waals surface area contributed by atoms with Gasteiger partial charge in [0.05, 0.1) is 0 Å². The topological polar surface area (TPSA) is 53.2 Å². The highest BCUT2D eigenvalue weighted by Crippen LogP contribution is 2.41. The molecule has 1 rings (SSSR count). The van der Waals surface area contributed by atoms with Gasteiger partial charge in [0.1, 0.15) is 11.3 Å². The van der Waals surface area contributed by atoms with E-state index >= 15 is 0 Å². The van der Waals surface area contributed by atoms with Gasteiger partial charge in [-0.05, 0) is 12.1 Å². The summed E-state index contributed by atoms with van der Waals surface area (Å²) in [6.45, 7) is 0. The lowest BCUT2D eigenvalue weighted by molar-refractivity contribution is -0.139. The van der Waals surface area contributed by atoms with Crippen molar-refractivity contribution in [2.75, 3.05) is 0 Å². The highest BCUT2D eigenvalue weighted by Gasteiger charge is 2.37. The molecule has 14 heavy (non-hydrogen) atoms. The summed E-state index contributed by atoms with van der Waals surface area (Å²) in [6, 6.07) is 2.97. The lowest BCUT2D eigenvalue weighted by atomic mass is 10.1. The number of nitrogens with zero attached hydrogens (tertiary/aromatic N) is 1. The summed E-state index contributed by atoms with van der Waals surface area (Å²) < 4.78 is 40.9. The highest BCUT2D eigenvalue weighted by atomic mass is 19.4. The van der Waals surface area contributed by atoms with Gasteiger partial charge in [-0.3, -0.25) is 0 Å². The summed E-state index contributed by atoms with van der Waals surface area (Å²) in [5, 5.41) is 17.0. The van der Waals surface area contributed by atoms with E-state index in [4.69, 9.17) is 10.4 Å². The molecule has 0 spiro atoms. The van der Waals surface area contributed by atoms with E-state index in [0.29, 0.717) is 0 Å². The van der Waals surface area contributed by atoms with E-state index in [-0.39, 0.29) is 0 Å². The Hall–Kier alpha value is -1.90. The van der Waals surface area contributed by atoms with Crippen LogP contribution in [0.3, 0.4) is 0 Å². The molecule has 0 aliphatic carbocycles. The Morgan fingerprint density at radius 3 is 2.50 bits per heavy atom. The minimum absolute atomic E-state index is 0.708. The van der Waals surface area contributed by atoms with Crippen molar-refractivity contribution in [3.05, 3.63) is 23.8 Å². The van der Waals surface area contributed by atoms with E-state index in [1.165, 1.54) is 0 Å². The molecule has 0 amide bonds. The van der Waals surface area contributed by atoms with Gasteiger partial charge < -0.3 is 9.84 Å². The van der Waals surface area contributed by atoms with E-state index in [9.17, 15) is 13.2 Å². The van der Waals surface area contributed by atoms with Crippen LogP contribution in [0.1, 0.15) is 5.56 Å². The third kappa shape index (κ3) is 1.88. The average molecular weight is 203 g/mol. The molecule has 0 saturated carbocycles. The number of aromatic hydroxyl groups is 1. The van der Waals surface area contributed by atoms with Crippen LogP contribution < -0.4 is 4.74 Å². The number of rotatable bonds is 1. The van der Waals surface area contributed by atoms with Gasteiger partial charge in [-0.1, -0.05) is 6.07 Å². The monoisotopic (exact) mass is 203 g/mol. The molecule has 74 valence electrons. The molecule has 0 unspecified atom stereocenters. The molecule has 1 aromatic rings. The van der Waals surface area contributed by atoms with Crippen molar-refractivity contribution in [2.24, 2.45) is 0 Å². The quantitative estimate of drug-likeness (QED) is 0.712. The van der Waals surface area contributed by atoms with Crippen molar-refractivity contribution in [1.29, 1.82) is 5.26 Å². The molecule has 0 heterocycles. The first-order valence-electron chi connectivity index (χ1n) is 3.42. The summed E-state index contributed by atoms with van der Waals surface area (Å²) in [7, 11) is 0. The minimum Gasteiger partial charge on any atom is -0.507 e. The van der Waals surface area contributed by atoms with Gasteiger partial charge in [-0.25, -0.2) is 0 Å². The first kappa shape index (κ1) is 10.2. The van der Waals surface area contributed by atoms with Crippen molar-refractivity contribution >= 4 is 0 Å². The first-order chi connectivity index (χ1) is 6.46. The van der Waals surface area contributed by atoms with Crippen LogP contribution in [0.2, 0.25) is 0 Å². The Bertz CT molecular complexity index is 381. The Kier molecular flexibility index (Phi) is 2.51. The van der Waals surface area contributed by atoms with E-state index in [2.05, 4.69) is 4.74 Å². The van der Waals surface area contributed by atoms with Gasteiger partial charge in [-0.15, -0.1) is 5.26 Å². The van der Waals surface area contributed by atoms with Crippen molar-refractivity contribution < 1.29 is 23.0 Å². The number of phenols is 1. The van der Waals surface area contributed by atoms with Crippen molar-refractivity contribution in [2.45, 2.75) is 6.18 Å². The van der Waals surface area contributed by atoms with Gasteiger partial charge >= 0.3 is 6.18 Å². The molecule has 3 nitrogen and oxygen atoms in total. The largest absolute Gasteiger partial charge is 0.507 e. The molecule has 0 fully saturated rings. The van der Waals surface area contributed by atoms with Crippen molar-refractivity contribution in [3.8, 4) is 17.8 Å². The van der Waals surface area contributed by atoms with Crippen molar-refractivity contribution in [3.63, 3.8) is 0 Å². The van der Waals surface area contributed by atoms with E-state index < -0.39 is 23.2 Å². The van der Waals surface area contributed by atoms with Crippen LogP contribution in [0.5, 0.6) is 11.5 Å². The van der Waals surface area contributed by atoms with Crippen LogP contribution in [-0.2, 0) is 6.18 Å². The summed E-state index contributed by atoms with van der Waals surface area (Å²) >= 11 is 0. The predicted molar refractivity (Wildman–Crippen MR) is 39.3 cm³/mol. The maximum atomic E-state index is 12.3. The second kappa shape index (κ2) is 3.46. The fraction of sp³-hybridized carbons (Fsp3) is 0.125. The third-order valence-corrected chi connectivity index (χ3v) is 1.44. The second-order valence-corrected chi connectivity index (χ2v) is 2.34. The number of phenolic OH excluding ortho intramolecular Hbond substituents is 1. The van der Waals surface area contributed by atoms with Gasteiger partial charge in [0.2, 0.25) is 0 Å². The van der Waals surface area contributed by atoms with E-state index in [0.717, 1.165) is 24.5 Å². The van der Waals surface area contributed by atoms with E-state index in [1.54, 1.807) is 0 Å². The highest BCUT2D eigenvalue weighted by molar-refractivity contribution is 5.46. The molecule has 6 heteroatoms. The van der Waals surface area contributed by atoms with Gasteiger partial charge in [0.25, 0.3) is 6.26 Å².